The van der Waals surface area contributed by atoms with E-state index >= 15 is 0 Å². The van der Waals surface area contributed by atoms with Gasteiger partial charge in [0.1, 0.15) is 0 Å². The Balaban J connectivity index is 2.45. The van der Waals surface area contributed by atoms with Crippen LogP contribution >= 0.6 is 11.3 Å². The molecule has 0 aliphatic carbocycles. The molecule has 0 atom stereocenters. The molecule has 0 radical (unpaired) electrons. The third kappa shape index (κ3) is 8.11. The second kappa shape index (κ2) is 11.4. The van der Waals surface area contributed by atoms with E-state index in [1.807, 2.05) is 6.92 Å². The first-order valence-corrected chi connectivity index (χ1v) is 10.1. The molecule has 5 nitrogen and oxygen atoms in total. The normalized spacial score (nSPS) is 12.5. The minimum absolute atomic E-state index is 0.454. The van der Waals surface area contributed by atoms with Crippen molar-refractivity contribution in [1.29, 1.82) is 0 Å². The Morgan fingerprint density at radius 2 is 1.96 bits per heavy atom. The lowest BCUT2D eigenvalue weighted by atomic mass is 9.93. The Morgan fingerprint density at radius 3 is 2.50 bits per heavy atom. The fourth-order valence-corrected chi connectivity index (χ4v) is 3.56. The van der Waals surface area contributed by atoms with Crippen molar-refractivity contribution in [2.45, 2.75) is 71.8 Å². The maximum Gasteiger partial charge on any atom is 0.191 e. The minimum Gasteiger partial charge on any atom is -0.388 e. The Bertz CT molecular complexity index is 481. The van der Waals surface area contributed by atoms with Crippen LogP contribution in [0.3, 0.4) is 0 Å². The summed E-state index contributed by atoms with van der Waals surface area (Å²) in [6.07, 6.45) is 5.55. The molecule has 0 aromatic carbocycles. The minimum atomic E-state index is -0.676. The molecule has 1 rings (SSSR count). The summed E-state index contributed by atoms with van der Waals surface area (Å²) in [6, 6.07) is 0. The van der Waals surface area contributed by atoms with Gasteiger partial charge in [-0.2, -0.15) is 0 Å². The number of nitrogens with one attached hydrogen (secondary N) is 2. The second-order valence-electron chi connectivity index (χ2n) is 6.33. The lowest BCUT2D eigenvalue weighted by Crippen LogP contribution is -2.40. The summed E-state index contributed by atoms with van der Waals surface area (Å²) >= 11 is 1.73. The van der Waals surface area contributed by atoms with Crippen LogP contribution < -0.4 is 10.6 Å². The molecular weight excluding hydrogens is 320 g/mol. The van der Waals surface area contributed by atoms with Crippen molar-refractivity contribution < 1.29 is 5.11 Å². The molecule has 0 aliphatic heterocycles. The number of aromatic nitrogens is 1. The summed E-state index contributed by atoms with van der Waals surface area (Å²) in [4.78, 5) is 9.09. The smallest absolute Gasteiger partial charge is 0.191 e. The maximum absolute atomic E-state index is 10.7. The van der Waals surface area contributed by atoms with Crippen molar-refractivity contribution in [3.63, 3.8) is 0 Å². The van der Waals surface area contributed by atoms with Crippen LogP contribution in [-0.2, 0) is 6.42 Å². The molecule has 1 aromatic rings. The quantitative estimate of drug-likeness (QED) is 0.324. The third-order valence-corrected chi connectivity index (χ3v) is 4.86. The van der Waals surface area contributed by atoms with E-state index < -0.39 is 5.60 Å². The Kier molecular flexibility index (Phi) is 9.95. The van der Waals surface area contributed by atoms with Crippen molar-refractivity contribution in [3.05, 3.63) is 16.1 Å². The molecule has 0 amide bonds. The van der Waals surface area contributed by atoms with E-state index in [4.69, 9.17) is 0 Å². The SMILES string of the molecule is CCCC(O)(CCC)CN=C(NCC)NCCCc1nc(C)cs1. The first-order chi connectivity index (χ1) is 11.5. The van der Waals surface area contributed by atoms with Gasteiger partial charge in [-0.3, -0.25) is 4.99 Å². The van der Waals surface area contributed by atoms with Gasteiger partial charge in [-0.25, -0.2) is 4.98 Å². The van der Waals surface area contributed by atoms with Gasteiger partial charge in [0.05, 0.1) is 17.2 Å². The topological polar surface area (TPSA) is 69.5 Å². The molecule has 0 saturated heterocycles. The fraction of sp³-hybridized carbons (Fsp3) is 0.778. The Morgan fingerprint density at radius 1 is 1.25 bits per heavy atom. The molecule has 0 bridgehead atoms. The first kappa shape index (κ1) is 20.9. The number of nitrogens with zero attached hydrogens (tertiary/aromatic N) is 2. The van der Waals surface area contributed by atoms with Gasteiger partial charge < -0.3 is 15.7 Å². The van der Waals surface area contributed by atoms with E-state index in [-0.39, 0.29) is 0 Å². The van der Waals surface area contributed by atoms with Crippen LogP contribution in [0.25, 0.3) is 0 Å². The molecule has 0 unspecified atom stereocenters. The van der Waals surface area contributed by atoms with Crippen LogP contribution in [0.4, 0.5) is 0 Å². The van der Waals surface area contributed by atoms with E-state index in [0.29, 0.717) is 6.54 Å². The first-order valence-electron chi connectivity index (χ1n) is 9.18. The molecule has 0 spiro atoms. The number of aliphatic imine (C=N–C) groups is 1. The average Bonchev–Trinajstić information content (AvgIpc) is 2.95. The molecule has 3 N–H and O–H groups in total. The highest BCUT2D eigenvalue weighted by atomic mass is 32.1. The summed E-state index contributed by atoms with van der Waals surface area (Å²) in [5.74, 6) is 0.790. The summed E-state index contributed by atoms with van der Waals surface area (Å²) in [7, 11) is 0. The van der Waals surface area contributed by atoms with Crippen LogP contribution in [0.5, 0.6) is 0 Å². The van der Waals surface area contributed by atoms with Crippen molar-refractivity contribution in [1.82, 2.24) is 15.6 Å². The highest BCUT2D eigenvalue weighted by Gasteiger charge is 2.24. The van der Waals surface area contributed by atoms with E-state index in [2.05, 4.69) is 46.8 Å². The molecule has 6 heteroatoms. The van der Waals surface area contributed by atoms with Gasteiger partial charge in [-0.1, -0.05) is 26.7 Å². The summed E-state index contributed by atoms with van der Waals surface area (Å²) in [5, 5.41) is 20.6. The standard InChI is InChI=1S/C18H34N4OS/c1-5-10-18(23,11-6-2)14-21-17(19-7-3)20-12-8-9-16-22-15(4)13-24-16/h13,23H,5-12,14H2,1-4H3,(H2,19,20,21). The van der Waals surface area contributed by atoms with Crippen molar-refractivity contribution in [3.8, 4) is 0 Å². The van der Waals surface area contributed by atoms with Crippen molar-refractivity contribution in [2.24, 2.45) is 4.99 Å². The highest BCUT2D eigenvalue weighted by Crippen LogP contribution is 2.19. The molecule has 1 heterocycles. The van der Waals surface area contributed by atoms with Gasteiger partial charge in [0.25, 0.3) is 0 Å². The lowest BCUT2D eigenvalue weighted by Gasteiger charge is -2.26. The number of guanidine groups is 1. The summed E-state index contributed by atoms with van der Waals surface area (Å²) in [6.45, 7) is 10.4. The molecule has 0 saturated carbocycles. The number of aliphatic hydroxyl groups is 1. The third-order valence-electron chi connectivity index (χ3n) is 3.83. The van der Waals surface area contributed by atoms with Crippen molar-refractivity contribution in [2.75, 3.05) is 19.6 Å². The number of rotatable bonds is 11. The lowest BCUT2D eigenvalue weighted by molar-refractivity contribution is 0.0306. The zero-order chi connectivity index (χ0) is 17.8. The monoisotopic (exact) mass is 354 g/mol. The molecule has 138 valence electrons. The van der Waals surface area contributed by atoms with Crippen molar-refractivity contribution >= 4 is 17.3 Å². The van der Waals surface area contributed by atoms with E-state index in [1.165, 1.54) is 5.01 Å². The Hall–Kier alpha value is -1.14. The van der Waals surface area contributed by atoms with Gasteiger partial charge in [-0.15, -0.1) is 11.3 Å². The number of hydrogen-bond acceptors (Lipinski definition) is 4. The van der Waals surface area contributed by atoms with Crippen LogP contribution in [0.1, 0.15) is 63.6 Å². The summed E-state index contributed by atoms with van der Waals surface area (Å²) in [5.41, 5.74) is 0.425. The van der Waals surface area contributed by atoms with Gasteiger partial charge >= 0.3 is 0 Å². The molecular formula is C18H34N4OS. The summed E-state index contributed by atoms with van der Waals surface area (Å²) < 4.78 is 0. The van der Waals surface area contributed by atoms with Gasteiger partial charge in [0.15, 0.2) is 5.96 Å². The maximum atomic E-state index is 10.7. The van der Waals surface area contributed by atoms with Gasteiger partial charge in [0.2, 0.25) is 0 Å². The molecule has 0 fully saturated rings. The second-order valence-corrected chi connectivity index (χ2v) is 7.28. The largest absolute Gasteiger partial charge is 0.388 e. The molecule has 24 heavy (non-hydrogen) atoms. The zero-order valence-electron chi connectivity index (χ0n) is 15.7. The molecule has 1 aromatic heterocycles. The van der Waals surface area contributed by atoms with E-state index in [0.717, 1.165) is 63.3 Å². The zero-order valence-corrected chi connectivity index (χ0v) is 16.5. The highest BCUT2D eigenvalue weighted by molar-refractivity contribution is 7.09. The number of aryl methyl sites for hydroxylation is 2. The molecule has 0 aliphatic rings. The van der Waals surface area contributed by atoms with Gasteiger partial charge in [-0.05, 0) is 33.1 Å². The predicted molar refractivity (Wildman–Crippen MR) is 104 cm³/mol. The fourth-order valence-electron chi connectivity index (χ4n) is 2.75. The van der Waals surface area contributed by atoms with Crippen LogP contribution in [0.15, 0.2) is 10.4 Å². The average molecular weight is 355 g/mol. The van der Waals surface area contributed by atoms with Crippen LogP contribution in [-0.4, -0.2) is 41.3 Å². The van der Waals surface area contributed by atoms with E-state index in [9.17, 15) is 5.11 Å². The number of thiazole rings is 1. The van der Waals surface area contributed by atoms with E-state index in [1.54, 1.807) is 11.3 Å². The van der Waals surface area contributed by atoms with Crippen LogP contribution in [0.2, 0.25) is 0 Å². The van der Waals surface area contributed by atoms with Crippen LogP contribution in [0, 0.1) is 6.92 Å². The number of hydrogen-bond donors (Lipinski definition) is 3. The van der Waals surface area contributed by atoms with Gasteiger partial charge in [0, 0.05) is 30.6 Å². The predicted octanol–water partition coefficient (Wildman–Crippen LogP) is 3.27. The Labute approximate surface area is 151 Å².